The minimum Gasteiger partial charge on any atom is -0.361 e. The van der Waals surface area contributed by atoms with Gasteiger partial charge in [0.2, 0.25) is 0 Å². The summed E-state index contributed by atoms with van der Waals surface area (Å²) in [5.41, 5.74) is 5.29. The zero-order valence-corrected chi connectivity index (χ0v) is 12.5. The highest BCUT2D eigenvalue weighted by molar-refractivity contribution is 6.23. The predicted molar refractivity (Wildman–Crippen MR) is 93.8 cm³/mol. The van der Waals surface area contributed by atoms with Crippen molar-refractivity contribution >= 4 is 11.5 Å². The lowest BCUT2D eigenvalue weighted by molar-refractivity contribution is 1.07. The summed E-state index contributed by atoms with van der Waals surface area (Å²) in [5.74, 6) is 0.760. The summed E-state index contributed by atoms with van der Waals surface area (Å²) < 4.78 is 0. The maximum absolute atomic E-state index is 4.63. The van der Waals surface area contributed by atoms with Crippen LogP contribution in [0.1, 0.15) is 11.3 Å². The van der Waals surface area contributed by atoms with Crippen LogP contribution in [-0.2, 0) is 6.54 Å². The lowest BCUT2D eigenvalue weighted by Crippen LogP contribution is -1.98. The Bertz CT molecular complexity index is 881. The number of aromatic amines is 2. The Kier molecular flexibility index (Phi) is 3.48. The molecule has 0 radical (unpaired) electrons. The monoisotopic (exact) mass is 300 g/mol. The molecule has 1 aromatic carbocycles. The number of hydrogen-bond donors (Lipinski definition) is 2. The molecule has 0 fully saturated rings. The SMILES string of the molecule is C1=CC(c2[nH]ccc2-c2ccc[nH]2)=NC1=NCc1ccccc1. The molecule has 3 heterocycles. The Morgan fingerprint density at radius 1 is 0.870 bits per heavy atom. The molecule has 1 aliphatic heterocycles. The first-order valence-electron chi connectivity index (χ1n) is 7.57. The van der Waals surface area contributed by atoms with Crippen LogP contribution in [-0.4, -0.2) is 21.5 Å². The second kappa shape index (κ2) is 5.93. The maximum Gasteiger partial charge on any atom is 0.148 e. The quantitative estimate of drug-likeness (QED) is 0.732. The highest BCUT2D eigenvalue weighted by Gasteiger charge is 2.14. The molecule has 0 saturated carbocycles. The Labute approximate surface area is 134 Å². The summed E-state index contributed by atoms with van der Waals surface area (Å²) in [5, 5.41) is 0. The number of amidine groups is 1. The summed E-state index contributed by atoms with van der Waals surface area (Å²) in [6, 6.07) is 16.3. The van der Waals surface area contributed by atoms with Gasteiger partial charge in [-0.15, -0.1) is 0 Å². The molecular weight excluding hydrogens is 284 g/mol. The molecule has 0 saturated heterocycles. The van der Waals surface area contributed by atoms with Gasteiger partial charge in [-0.3, -0.25) is 4.99 Å². The molecular formula is C19H16N4. The van der Waals surface area contributed by atoms with E-state index in [0.29, 0.717) is 6.54 Å². The summed E-state index contributed by atoms with van der Waals surface area (Å²) in [6.45, 7) is 0.644. The van der Waals surface area contributed by atoms with Crippen molar-refractivity contribution in [2.24, 2.45) is 9.98 Å². The van der Waals surface area contributed by atoms with Gasteiger partial charge < -0.3 is 9.97 Å². The van der Waals surface area contributed by atoms with Crippen LogP contribution in [0.25, 0.3) is 11.3 Å². The third-order valence-electron chi connectivity index (χ3n) is 3.78. The maximum atomic E-state index is 4.63. The van der Waals surface area contributed by atoms with Gasteiger partial charge in [-0.2, -0.15) is 0 Å². The summed E-state index contributed by atoms with van der Waals surface area (Å²) >= 11 is 0. The van der Waals surface area contributed by atoms with E-state index in [-0.39, 0.29) is 0 Å². The number of benzene rings is 1. The molecule has 2 aromatic heterocycles. The smallest absolute Gasteiger partial charge is 0.148 e. The number of aromatic nitrogens is 2. The molecule has 4 rings (SSSR count). The van der Waals surface area contributed by atoms with E-state index in [1.807, 2.05) is 48.8 Å². The van der Waals surface area contributed by atoms with E-state index in [1.165, 1.54) is 5.56 Å². The molecule has 1 aliphatic rings. The van der Waals surface area contributed by atoms with Crippen molar-refractivity contribution in [2.45, 2.75) is 6.54 Å². The zero-order valence-electron chi connectivity index (χ0n) is 12.5. The van der Waals surface area contributed by atoms with E-state index in [9.17, 15) is 0 Å². The topological polar surface area (TPSA) is 56.3 Å². The first-order valence-corrected chi connectivity index (χ1v) is 7.57. The van der Waals surface area contributed by atoms with E-state index in [1.54, 1.807) is 0 Å². The van der Waals surface area contributed by atoms with Crippen LogP contribution in [0.4, 0.5) is 0 Å². The molecule has 3 aromatic rings. The fourth-order valence-corrected chi connectivity index (χ4v) is 2.64. The lowest BCUT2D eigenvalue weighted by atomic mass is 10.1. The van der Waals surface area contributed by atoms with Gasteiger partial charge in [0.25, 0.3) is 0 Å². The van der Waals surface area contributed by atoms with Crippen molar-refractivity contribution in [2.75, 3.05) is 0 Å². The van der Waals surface area contributed by atoms with Crippen LogP contribution >= 0.6 is 0 Å². The van der Waals surface area contributed by atoms with E-state index in [2.05, 4.69) is 44.2 Å². The van der Waals surface area contributed by atoms with E-state index < -0.39 is 0 Å². The van der Waals surface area contributed by atoms with Crippen molar-refractivity contribution in [3.05, 3.63) is 84.3 Å². The van der Waals surface area contributed by atoms with Gasteiger partial charge in [0.05, 0.1) is 18.0 Å². The third-order valence-corrected chi connectivity index (χ3v) is 3.78. The van der Waals surface area contributed by atoms with Gasteiger partial charge >= 0.3 is 0 Å². The molecule has 0 amide bonds. The standard InChI is InChI=1S/C19H16N4/c1-2-5-14(6-3-1)13-22-18-9-8-17(23-18)19-15(10-12-21-19)16-7-4-11-20-16/h1-12,20-21H,13H2. The minimum absolute atomic E-state index is 0.644. The van der Waals surface area contributed by atoms with Crippen LogP contribution in [0.3, 0.4) is 0 Å². The molecule has 0 atom stereocenters. The van der Waals surface area contributed by atoms with Gasteiger partial charge in [-0.05, 0) is 35.9 Å². The van der Waals surface area contributed by atoms with Crippen molar-refractivity contribution in [1.82, 2.24) is 9.97 Å². The molecule has 23 heavy (non-hydrogen) atoms. The van der Waals surface area contributed by atoms with Crippen molar-refractivity contribution in [1.29, 1.82) is 0 Å². The molecule has 112 valence electrons. The zero-order chi connectivity index (χ0) is 15.5. The largest absolute Gasteiger partial charge is 0.361 e. The number of nitrogens with one attached hydrogen (secondary N) is 2. The first-order chi connectivity index (χ1) is 11.4. The highest BCUT2D eigenvalue weighted by Crippen LogP contribution is 2.23. The van der Waals surface area contributed by atoms with Gasteiger partial charge in [0.1, 0.15) is 5.84 Å². The van der Waals surface area contributed by atoms with Crippen LogP contribution in [0.15, 0.2) is 83.1 Å². The summed E-state index contributed by atoms with van der Waals surface area (Å²) in [6.07, 6.45) is 7.81. The Hall–Kier alpha value is -3.14. The Morgan fingerprint density at radius 3 is 2.61 bits per heavy atom. The number of aliphatic imine (C=N–C) groups is 2. The van der Waals surface area contributed by atoms with Crippen LogP contribution in [0.2, 0.25) is 0 Å². The fraction of sp³-hybridized carbons (Fsp3) is 0.0526. The summed E-state index contributed by atoms with van der Waals surface area (Å²) in [4.78, 5) is 15.7. The second-order valence-electron chi connectivity index (χ2n) is 5.34. The number of rotatable bonds is 4. The van der Waals surface area contributed by atoms with Crippen LogP contribution in [0, 0.1) is 0 Å². The molecule has 0 unspecified atom stereocenters. The summed E-state index contributed by atoms with van der Waals surface area (Å²) in [7, 11) is 0. The van der Waals surface area contributed by atoms with Crippen molar-refractivity contribution in [3.8, 4) is 11.3 Å². The number of nitrogens with zero attached hydrogens (tertiary/aromatic N) is 2. The van der Waals surface area contributed by atoms with Crippen LogP contribution < -0.4 is 0 Å². The number of hydrogen-bond acceptors (Lipinski definition) is 1. The number of H-pyrrole nitrogens is 2. The average molecular weight is 300 g/mol. The second-order valence-corrected chi connectivity index (χ2v) is 5.34. The van der Waals surface area contributed by atoms with E-state index in [0.717, 1.165) is 28.5 Å². The highest BCUT2D eigenvalue weighted by atomic mass is 14.9. The third kappa shape index (κ3) is 2.79. The van der Waals surface area contributed by atoms with Crippen LogP contribution in [0.5, 0.6) is 0 Å². The molecule has 2 N–H and O–H groups in total. The molecule has 0 aliphatic carbocycles. The fourth-order valence-electron chi connectivity index (χ4n) is 2.64. The minimum atomic E-state index is 0.644. The Balaban J connectivity index is 1.58. The molecule has 0 bridgehead atoms. The van der Waals surface area contributed by atoms with Crippen molar-refractivity contribution < 1.29 is 0 Å². The van der Waals surface area contributed by atoms with Gasteiger partial charge in [0, 0.05) is 23.7 Å². The molecule has 4 nitrogen and oxygen atoms in total. The first kappa shape index (κ1) is 13.5. The van der Waals surface area contributed by atoms with Gasteiger partial charge in [-0.1, -0.05) is 30.3 Å². The molecule has 4 heteroatoms. The predicted octanol–water partition coefficient (Wildman–Crippen LogP) is 3.97. The van der Waals surface area contributed by atoms with E-state index in [4.69, 9.17) is 0 Å². The lowest BCUT2D eigenvalue weighted by Gasteiger charge is -2.00. The number of allylic oxidation sites excluding steroid dienone is 1. The average Bonchev–Trinajstić information content (AvgIpc) is 3.32. The van der Waals surface area contributed by atoms with E-state index >= 15 is 0 Å². The Morgan fingerprint density at radius 2 is 1.78 bits per heavy atom. The molecule has 0 spiro atoms. The van der Waals surface area contributed by atoms with Crippen molar-refractivity contribution in [3.63, 3.8) is 0 Å². The normalized spacial score (nSPS) is 15.3. The van der Waals surface area contributed by atoms with Gasteiger partial charge in [-0.25, -0.2) is 4.99 Å². The van der Waals surface area contributed by atoms with Gasteiger partial charge in [0.15, 0.2) is 0 Å².